The van der Waals surface area contributed by atoms with Crippen molar-refractivity contribution in [2.45, 2.75) is 91.0 Å². The van der Waals surface area contributed by atoms with Gasteiger partial charge in [-0.1, -0.05) is 26.7 Å². The van der Waals surface area contributed by atoms with Crippen LogP contribution < -0.4 is 0 Å². The molecule has 0 amide bonds. The minimum atomic E-state index is -4.76. The lowest BCUT2D eigenvalue weighted by atomic mass is 9.77. The first-order valence-electron chi connectivity index (χ1n) is 8.25. The lowest BCUT2D eigenvalue weighted by Crippen LogP contribution is -2.49. The maximum atomic E-state index is 13.1. The van der Waals surface area contributed by atoms with Crippen LogP contribution in [0.15, 0.2) is 0 Å². The zero-order valence-electron chi connectivity index (χ0n) is 14.7. The Hall–Kier alpha value is -0.780. The molecule has 1 rings (SSSR count). The molecule has 2 unspecified atom stereocenters. The summed E-state index contributed by atoms with van der Waals surface area (Å²) in [4.78, 5) is 12.4. The van der Waals surface area contributed by atoms with Crippen molar-refractivity contribution in [1.29, 1.82) is 0 Å². The average molecular weight is 338 g/mol. The number of carbonyl (C=O) groups is 1. The number of alkyl halides is 3. The molecule has 1 aliphatic rings. The Morgan fingerprint density at radius 3 is 2.09 bits per heavy atom. The molecule has 0 spiro atoms. The first-order valence-corrected chi connectivity index (χ1v) is 8.25. The maximum absolute atomic E-state index is 13.1. The van der Waals surface area contributed by atoms with Gasteiger partial charge < -0.3 is 9.84 Å². The molecule has 0 saturated heterocycles. The zero-order chi connectivity index (χ0) is 18.1. The molecule has 23 heavy (non-hydrogen) atoms. The Bertz CT molecular complexity index is 421. The Kier molecular flexibility index (Phi) is 5.83. The standard InChI is InChI=1S/C17H29F3O3/c1-6-14(2,3)13(21)23-12(15(4)9-7-8-10-15)11-16(5,22)17(18,19)20/h12,22H,6-11H2,1-5H3. The second kappa shape index (κ2) is 6.61. The van der Waals surface area contributed by atoms with Gasteiger partial charge in [-0.05, 0) is 40.0 Å². The van der Waals surface area contributed by atoms with E-state index < -0.39 is 41.1 Å². The first kappa shape index (κ1) is 20.3. The van der Waals surface area contributed by atoms with Crippen molar-refractivity contribution >= 4 is 5.97 Å². The number of ether oxygens (including phenoxy) is 1. The molecule has 0 aromatic heterocycles. The summed E-state index contributed by atoms with van der Waals surface area (Å²) in [6.45, 7) is 7.86. The lowest BCUT2D eigenvalue weighted by molar-refractivity contribution is -0.266. The van der Waals surface area contributed by atoms with Gasteiger partial charge in [-0.2, -0.15) is 13.2 Å². The van der Waals surface area contributed by atoms with Crippen LogP contribution in [0.3, 0.4) is 0 Å². The van der Waals surface area contributed by atoms with Crippen molar-refractivity contribution in [1.82, 2.24) is 0 Å². The number of rotatable bonds is 6. The van der Waals surface area contributed by atoms with Gasteiger partial charge in [0.25, 0.3) is 0 Å². The smallest absolute Gasteiger partial charge is 0.417 e. The van der Waals surface area contributed by atoms with Gasteiger partial charge >= 0.3 is 12.1 Å². The molecule has 3 nitrogen and oxygen atoms in total. The first-order chi connectivity index (χ1) is 10.3. The van der Waals surface area contributed by atoms with E-state index in [0.717, 1.165) is 19.8 Å². The third kappa shape index (κ3) is 4.61. The van der Waals surface area contributed by atoms with Crippen LogP contribution in [0.2, 0.25) is 0 Å². The second-order valence-electron chi connectivity index (χ2n) is 7.97. The lowest BCUT2D eigenvalue weighted by Gasteiger charge is -2.39. The number of hydrogen-bond acceptors (Lipinski definition) is 3. The van der Waals surface area contributed by atoms with Gasteiger partial charge in [-0.3, -0.25) is 4.79 Å². The van der Waals surface area contributed by atoms with Gasteiger partial charge in [-0.25, -0.2) is 0 Å². The predicted molar refractivity (Wildman–Crippen MR) is 81.8 cm³/mol. The third-order valence-corrected chi connectivity index (χ3v) is 5.40. The summed E-state index contributed by atoms with van der Waals surface area (Å²) in [7, 11) is 0. The van der Waals surface area contributed by atoms with Gasteiger partial charge in [0.2, 0.25) is 0 Å². The maximum Gasteiger partial charge on any atom is 0.417 e. The van der Waals surface area contributed by atoms with Crippen LogP contribution in [0.5, 0.6) is 0 Å². The molecule has 0 heterocycles. The minimum Gasteiger partial charge on any atom is -0.461 e. The van der Waals surface area contributed by atoms with Gasteiger partial charge in [0.1, 0.15) is 6.10 Å². The summed E-state index contributed by atoms with van der Waals surface area (Å²) in [5, 5.41) is 9.85. The Balaban J connectivity index is 3.02. The highest BCUT2D eigenvalue weighted by Gasteiger charge is 2.54. The number of hydrogen-bond donors (Lipinski definition) is 1. The topological polar surface area (TPSA) is 46.5 Å². The fourth-order valence-corrected chi connectivity index (χ4v) is 2.84. The van der Waals surface area contributed by atoms with Crippen molar-refractivity contribution in [2.75, 3.05) is 0 Å². The van der Waals surface area contributed by atoms with E-state index in [2.05, 4.69) is 0 Å². The molecule has 0 aliphatic heterocycles. The van der Waals surface area contributed by atoms with Crippen LogP contribution >= 0.6 is 0 Å². The molecule has 1 saturated carbocycles. The van der Waals surface area contributed by atoms with Crippen LogP contribution in [-0.4, -0.2) is 29.0 Å². The SMILES string of the molecule is CCC(C)(C)C(=O)OC(CC(C)(O)C(F)(F)F)C1(C)CCCC1. The minimum absolute atomic E-state index is 0.504. The van der Waals surface area contributed by atoms with E-state index in [1.807, 2.05) is 13.8 Å². The molecule has 2 atom stereocenters. The highest BCUT2D eigenvalue weighted by molar-refractivity contribution is 5.76. The number of halogens is 3. The van der Waals surface area contributed by atoms with Crippen molar-refractivity contribution in [3.05, 3.63) is 0 Å². The van der Waals surface area contributed by atoms with Crippen LogP contribution in [0, 0.1) is 10.8 Å². The van der Waals surface area contributed by atoms with Crippen LogP contribution in [-0.2, 0) is 9.53 Å². The van der Waals surface area contributed by atoms with Crippen molar-refractivity contribution in [2.24, 2.45) is 10.8 Å². The number of carbonyl (C=O) groups excluding carboxylic acids is 1. The van der Waals surface area contributed by atoms with E-state index in [4.69, 9.17) is 4.74 Å². The fourth-order valence-electron chi connectivity index (χ4n) is 2.84. The van der Waals surface area contributed by atoms with Gasteiger partial charge in [-0.15, -0.1) is 0 Å². The quantitative estimate of drug-likeness (QED) is 0.719. The normalized spacial score (nSPS) is 22.5. The molecule has 0 bridgehead atoms. The summed E-state index contributed by atoms with van der Waals surface area (Å²) in [6.07, 6.45) is -2.60. The Morgan fingerprint density at radius 2 is 1.70 bits per heavy atom. The predicted octanol–water partition coefficient (Wildman–Crippen LogP) is 4.62. The summed E-state index contributed by atoms with van der Waals surface area (Å²) < 4.78 is 44.7. The van der Waals surface area contributed by atoms with Crippen LogP contribution in [0.1, 0.15) is 73.1 Å². The van der Waals surface area contributed by atoms with E-state index in [1.165, 1.54) is 0 Å². The molecule has 0 aromatic rings. The number of esters is 1. The Labute approximate surface area is 136 Å². The summed E-state index contributed by atoms with van der Waals surface area (Å²) >= 11 is 0. The van der Waals surface area contributed by atoms with Crippen molar-refractivity contribution in [3.8, 4) is 0 Å². The van der Waals surface area contributed by atoms with Gasteiger partial charge in [0.15, 0.2) is 5.60 Å². The van der Waals surface area contributed by atoms with E-state index >= 15 is 0 Å². The number of aliphatic hydroxyl groups is 1. The van der Waals surface area contributed by atoms with E-state index in [9.17, 15) is 23.1 Å². The van der Waals surface area contributed by atoms with E-state index in [0.29, 0.717) is 19.3 Å². The molecule has 0 aromatic carbocycles. The van der Waals surface area contributed by atoms with Crippen molar-refractivity contribution < 1.29 is 27.8 Å². The molecular formula is C17H29F3O3. The monoisotopic (exact) mass is 338 g/mol. The molecule has 1 N–H and O–H groups in total. The van der Waals surface area contributed by atoms with Gasteiger partial charge in [0.05, 0.1) is 5.41 Å². The summed E-state index contributed by atoms with van der Waals surface area (Å²) in [5.74, 6) is -0.504. The highest BCUT2D eigenvalue weighted by atomic mass is 19.4. The molecule has 6 heteroatoms. The average Bonchev–Trinajstić information content (AvgIpc) is 2.84. The van der Waals surface area contributed by atoms with Crippen LogP contribution in [0.4, 0.5) is 13.2 Å². The van der Waals surface area contributed by atoms with Crippen molar-refractivity contribution in [3.63, 3.8) is 0 Å². The van der Waals surface area contributed by atoms with Crippen LogP contribution in [0.25, 0.3) is 0 Å². The molecule has 136 valence electrons. The van der Waals surface area contributed by atoms with E-state index in [-0.39, 0.29) is 0 Å². The largest absolute Gasteiger partial charge is 0.461 e. The Morgan fingerprint density at radius 1 is 1.22 bits per heavy atom. The third-order valence-electron chi connectivity index (χ3n) is 5.40. The summed E-state index contributed by atoms with van der Waals surface area (Å²) in [5.41, 5.74) is -4.15. The summed E-state index contributed by atoms with van der Waals surface area (Å²) in [6, 6.07) is 0. The molecule has 1 fully saturated rings. The fraction of sp³-hybridized carbons (Fsp3) is 0.941. The molecular weight excluding hydrogens is 309 g/mol. The molecule has 1 aliphatic carbocycles. The van der Waals surface area contributed by atoms with E-state index in [1.54, 1.807) is 13.8 Å². The highest BCUT2D eigenvalue weighted by Crippen LogP contribution is 2.47. The second-order valence-corrected chi connectivity index (χ2v) is 7.97. The van der Waals surface area contributed by atoms with Gasteiger partial charge in [0, 0.05) is 11.8 Å². The molecule has 0 radical (unpaired) electrons. The zero-order valence-corrected chi connectivity index (χ0v) is 14.7.